The highest BCUT2D eigenvalue weighted by Crippen LogP contribution is 2.21. The summed E-state index contributed by atoms with van der Waals surface area (Å²) in [5.74, 6) is -0.452. The summed E-state index contributed by atoms with van der Waals surface area (Å²) < 4.78 is 33.0. The summed E-state index contributed by atoms with van der Waals surface area (Å²) in [5.41, 5.74) is 0. The van der Waals surface area contributed by atoms with E-state index < -0.39 is 22.2 Å². The van der Waals surface area contributed by atoms with Gasteiger partial charge in [0.15, 0.2) is 0 Å². The number of ether oxygens (including phenoxy) is 1. The first kappa shape index (κ1) is 13.7. The zero-order chi connectivity index (χ0) is 13.2. The Bertz CT molecular complexity index is 407. The van der Waals surface area contributed by atoms with Gasteiger partial charge in [0, 0.05) is 25.7 Å². The molecule has 2 N–H and O–H groups in total. The summed E-state index contributed by atoms with van der Waals surface area (Å²) in [7, 11) is -3.59. The number of hydrogen-bond donors (Lipinski definition) is 2. The molecule has 18 heavy (non-hydrogen) atoms. The maximum atomic E-state index is 12.1. The van der Waals surface area contributed by atoms with Crippen molar-refractivity contribution in [2.75, 3.05) is 26.2 Å². The van der Waals surface area contributed by atoms with Crippen LogP contribution in [-0.4, -0.2) is 57.0 Å². The van der Waals surface area contributed by atoms with Gasteiger partial charge in [-0.15, -0.1) is 0 Å². The van der Waals surface area contributed by atoms with Crippen LogP contribution >= 0.6 is 0 Å². The molecule has 0 aromatic rings. The SMILES string of the molecule is CCOC(=O)C1CCCN1S(=O)(=O)NC1CNC1. The Kier molecular flexibility index (Phi) is 4.21. The van der Waals surface area contributed by atoms with Gasteiger partial charge >= 0.3 is 5.97 Å². The highest BCUT2D eigenvalue weighted by molar-refractivity contribution is 7.87. The number of nitrogens with zero attached hydrogens (tertiary/aromatic N) is 1. The molecule has 7 nitrogen and oxygen atoms in total. The van der Waals surface area contributed by atoms with Gasteiger partial charge in [-0.05, 0) is 19.8 Å². The van der Waals surface area contributed by atoms with Gasteiger partial charge in [-0.25, -0.2) is 0 Å². The average molecular weight is 277 g/mol. The topological polar surface area (TPSA) is 87.7 Å². The second kappa shape index (κ2) is 5.52. The molecule has 2 aliphatic rings. The first-order chi connectivity index (χ1) is 8.54. The van der Waals surface area contributed by atoms with E-state index in [-0.39, 0.29) is 12.6 Å². The second-order valence-corrected chi connectivity index (χ2v) is 6.15. The largest absolute Gasteiger partial charge is 0.465 e. The van der Waals surface area contributed by atoms with Crippen LogP contribution in [0.25, 0.3) is 0 Å². The van der Waals surface area contributed by atoms with Crippen LogP contribution in [0.3, 0.4) is 0 Å². The third-order valence-corrected chi connectivity index (χ3v) is 4.85. The molecule has 0 radical (unpaired) electrons. The molecule has 2 rings (SSSR count). The fourth-order valence-electron chi connectivity index (χ4n) is 2.15. The van der Waals surface area contributed by atoms with Gasteiger partial charge in [0.05, 0.1) is 6.61 Å². The van der Waals surface area contributed by atoms with E-state index in [1.54, 1.807) is 6.92 Å². The van der Waals surface area contributed by atoms with E-state index in [0.717, 1.165) is 0 Å². The van der Waals surface area contributed by atoms with E-state index in [1.165, 1.54) is 4.31 Å². The standard InChI is InChI=1S/C10H19N3O4S/c1-2-17-10(14)9-4-3-5-13(9)18(15,16)12-8-6-11-7-8/h8-9,11-12H,2-7H2,1H3. The second-order valence-electron chi connectivity index (χ2n) is 4.50. The van der Waals surface area contributed by atoms with Crippen LogP contribution in [0.1, 0.15) is 19.8 Å². The minimum Gasteiger partial charge on any atom is -0.465 e. The number of carbonyl (C=O) groups excluding carboxylic acids is 1. The smallest absolute Gasteiger partial charge is 0.324 e. The molecule has 2 fully saturated rings. The van der Waals surface area contributed by atoms with E-state index in [4.69, 9.17) is 4.74 Å². The van der Waals surface area contributed by atoms with Crippen molar-refractivity contribution in [1.29, 1.82) is 0 Å². The molecule has 0 aromatic heterocycles. The molecular formula is C10H19N3O4S. The quantitative estimate of drug-likeness (QED) is 0.618. The van der Waals surface area contributed by atoms with Crippen molar-refractivity contribution < 1.29 is 17.9 Å². The lowest BCUT2D eigenvalue weighted by Gasteiger charge is -2.31. The lowest BCUT2D eigenvalue weighted by molar-refractivity contribution is -0.146. The zero-order valence-corrected chi connectivity index (χ0v) is 11.2. The summed E-state index contributed by atoms with van der Waals surface area (Å²) >= 11 is 0. The van der Waals surface area contributed by atoms with Crippen LogP contribution in [0.2, 0.25) is 0 Å². The molecule has 8 heteroatoms. The fraction of sp³-hybridized carbons (Fsp3) is 0.900. The first-order valence-electron chi connectivity index (χ1n) is 6.21. The van der Waals surface area contributed by atoms with Crippen LogP contribution in [0.5, 0.6) is 0 Å². The van der Waals surface area contributed by atoms with Gasteiger partial charge in [0.1, 0.15) is 6.04 Å². The maximum absolute atomic E-state index is 12.1. The molecule has 0 amide bonds. The van der Waals surface area contributed by atoms with E-state index in [1.807, 2.05) is 0 Å². The van der Waals surface area contributed by atoms with Crippen LogP contribution in [0.15, 0.2) is 0 Å². The third kappa shape index (κ3) is 2.82. The summed E-state index contributed by atoms with van der Waals surface area (Å²) in [6.07, 6.45) is 1.22. The van der Waals surface area contributed by atoms with E-state index in [2.05, 4.69) is 10.0 Å². The Morgan fingerprint density at radius 2 is 2.22 bits per heavy atom. The molecular weight excluding hydrogens is 258 g/mol. The van der Waals surface area contributed by atoms with Crippen LogP contribution in [0.4, 0.5) is 0 Å². The van der Waals surface area contributed by atoms with Crippen molar-refractivity contribution in [2.24, 2.45) is 0 Å². The molecule has 0 saturated carbocycles. The van der Waals surface area contributed by atoms with Crippen molar-refractivity contribution >= 4 is 16.2 Å². The predicted octanol–water partition coefficient (Wildman–Crippen LogP) is -1.18. The van der Waals surface area contributed by atoms with Crippen molar-refractivity contribution in [3.05, 3.63) is 0 Å². The van der Waals surface area contributed by atoms with Gasteiger partial charge in [-0.1, -0.05) is 0 Å². The Balaban J connectivity index is 2.02. The number of nitrogens with one attached hydrogen (secondary N) is 2. The highest BCUT2D eigenvalue weighted by atomic mass is 32.2. The monoisotopic (exact) mass is 277 g/mol. The Labute approximate surface area is 107 Å². The summed E-state index contributed by atoms with van der Waals surface area (Å²) in [4.78, 5) is 11.7. The number of carbonyl (C=O) groups is 1. The average Bonchev–Trinajstić information content (AvgIpc) is 2.73. The Hall–Kier alpha value is -0.700. The van der Waals surface area contributed by atoms with Crippen molar-refractivity contribution in [2.45, 2.75) is 31.8 Å². The van der Waals surface area contributed by atoms with Crippen LogP contribution in [-0.2, 0) is 19.7 Å². The summed E-state index contributed by atoms with van der Waals surface area (Å²) in [6.45, 7) is 3.63. The normalized spacial score (nSPS) is 25.9. The minimum absolute atomic E-state index is 0.0709. The van der Waals surface area contributed by atoms with Crippen molar-refractivity contribution in [3.8, 4) is 0 Å². The number of rotatable bonds is 5. The van der Waals surface area contributed by atoms with Gasteiger partial charge in [-0.2, -0.15) is 17.4 Å². The molecule has 0 aliphatic carbocycles. The lowest BCUT2D eigenvalue weighted by Crippen LogP contribution is -2.60. The van der Waals surface area contributed by atoms with Gasteiger partial charge in [0.2, 0.25) is 0 Å². The minimum atomic E-state index is -3.59. The van der Waals surface area contributed by atoms with E-state index in [9.17, 15) is 13.2 Å². The molecule has 104 valence electrons. The lowest BCUT2D eigenvalue weighted by atomic mass is 10.2. The summed E-state index contributed by atoms with van der Waals surface area (Å²) in [5, 5.41) is 2.99. The van der Waals surface area contributed by atoms with Crippen molar-refractivity contribution in [3.63, 3.8) is 0 Å². The molecule has 0 spiro atoms. The maximum Gasteiger partial charge on any atom is 0.324 e. The fourth-order valence-corrected chi connectivity index (χ4v) is 3.77. The summed E-state index contributed by atoms with van der Waals surface area (Å²) in [6, 6.07) is -0.742. The van der Waals surface area contributed by atoms with E-state index >= 15 is 0 Å². The van der Waals surface area contributed by atoms with Crippen LogP contribution in [0, 0.1) is 0 Å². The Morgan fingerprint density at radius 3 is 2.78 bits per heavy atom. The van der Waals surface area contributed by atoms with Gasteiger partial charge < -0.3 is 10.1 Å². The Morgan fingerprint density at radius 1 is 1.50 bits per heavy atom. The number of esters is 1. The number of hydrogen-bond acceptors (Lipinski definition) is 5. The molecule has 0 bridgehead atoms. The molecule has 0 aromatic carbocycles. The zero-order valence-electron chi connectivity index (χ0n) is 10.4. The van der Waals surface area contributed by atoms with Gasteiger partial charge in [-0.3, -0.25) is 4.79 Å². The predicted molar refractivity (Wildman–Crippen MR) is 65.1 cm³/mol. The van der Waals surface area contributed by atoms with E-state index in [0.29, 0.717) is 32.5 Å². The molecule has 2 heterocycles. The molecule has 1 unspecified atom stereocenters. The highest BCUT2D eigenvalue weighted by Gasteiger charge is 2.40. The first-order valence-corrected chi connectivity index (χ1v) is 7.65. The third-order valence-electron chi connectivity index (χ3n) is 3.17. The molecule has 2 saturated heterocycles. The van der Waals surface area contributed by atoms with Gasteiger partial charge in [0.25, 0.3) is 10.2 Å². The molecule has 2 aliphatic heterocycles. The molecule has 1 atom stereocenters. The van der Waals surface area contributed by atoms with Crippen LogP contribution < -0.4 is 10.0 Å². The van der Waals surface area contributed by atoms with Crippen molar-refractivity contribution in [1.82, 2.24) is 14.3 Å².